The van der Waals surface area contributed by atoms with E-state index in [9.17, 15) is 4.39 Å². The van der Waals surface area contributed by atoms with Crippen LogP contribution in [0.3, 0.4) is 0 Å². The van der Waals surface area contributed by atoms with Gasteiger partial charge in [0.05, 0.1) is 12.2 Å². The van der Waals surface area contributed by atoms with E-state index >= 15 is 0 Å². The fraction of sp³-hybridized carbons (Fsp3) is 0.385. The fourth-order valence-corrected chi connectivity index (χ4v) is 2.49. The molecule has 0 amide bonds. The van der Waals surface area contributed by atoms with Gasteiger partial charge in [-0.3, -0.25) is 0 Å². The van der Waals surface area contributed by atoms with Crippen LogP contribution in [0.4, 0.5) is 4.39 Å². The summed E-state index contributed by atoms with van der Waals surface area (Å²) in [6, 6.07) is 4.60. The van der Waals surface area contributed by atoms with E-state index in [0.29, 0.717) is 10.7 Å². The van der Waals surface area contributed by atoms with Gasteiger partial charge in [0.1, 0.15) is 17.2 Å². The Kier molecular flexibility index (Phi) is 3.48. The average molecular weight is 281 g/mol. The fourth-order valence-electron chi connectivity index (χ4n) is 2.32. The van der Waals surface area contributed by atoms with Crippen molar-refractivity contribution in [1.82, 2.24) is 20.3 Å². The summed E-state index contributed by atoms with van der Waals surface area (Å²) in [5, 5.41) is 12.0. The van der Waals surface area contributed by atoms with E-state index in [-0.39, 0.29) is 11.9 Å². The van der Waals surface area contributed by atoms with Crippen LogP contribution in [0.25, 0.3) is 5.69 Å². The molecule has 0 bridgehead atoms. The van der Waals surface area contributed by atoms with Crippen molar-refractivity contribution < 1.29 is 4.39 Å². The van der Waals surface area contributed by atoms with Crippen molar-refractivity contribution in [2.75, 3.05) is 6.54 Å². The summed E-state index contributed by atoms with van der Waals surface area (Å²) in [7, 11) is 0. The first-order valence-corrected chi connectivity index (χ1v) is 6.73. The minimum Gasteiger partial charge on any atom is -0.309 e. The maximum atomic E-state index is 13.7. The Morgan fingerprint density at radius 1 is 1.37 bits per heavy atom. The summed E-state index contributed by atoms with van der Waals surface area (Å²) in [5.74, 6) is -0.363. The van der Waals surface area contributed by atoms with Gasteiger partial charge in [0, 0.05) is 5.02 Å². The molecule has 1 fully saturated rings. The van der Waals surface area contributed by atoms with E-state index in [1.54, 1.807) is 12.3 Å². The van der Waals surface area contributed by atoms with Crippen molar-refractivity contribution in [1.29, 1.82) is 0 Å². The summed E-state index contributed by atoms with van der Waals surface area (Å²) < 4.78 is 15.2. The minimum absolute atomic E-state index is 0.213. The highest BCUT2D eigenvalue weighted by molar-refractivity contribution is 6.30. The molecule has 1 aromatic carbocycles. The van der Waals surface area contributed by atoms with Gasteiger partial charge in [-0.25, -0.2) is 9.07 Å². The third-order valence-corrected chi connectivity index (χ3v) is 3.57. The van der Waals surface area contributed by atoms with Crippen LogP contribution < -0.4 is 5.32 Å². The topological polar surface area (TPSA) is 42.7 Å². The molecule has 1 aliphatic heterocycles. The summed E-state index contributed by atoms with van der Waals surface area (Å²) in [4.78, 5) is 0. The third kappa shape index (κ3) is 2.62. The number of benzene rings is 1. The predicted octanol–water partition coefficient (Wildman–Crippen LogP) is 2.87. The Balaban J connectivity index is 1.89. The van der Waals surface area contributed by atoms with Gasteiger partial charge in [-0.2, -0.15) is 0 Å². The monoisotopic (exact) mass is 280 g/mol. The van der Waals surface area contributed by atoms with Crippen LogP contribution in [0.15, 0.2) is 24.4 Å². The van der Waals surface area contributed by atoms with E-state index in [4.69, 9.17) is 11.6 Å². The maximum absolute atomic E-state index is 13.7. The van der Waals surface area contributed by atoms with E-state index in [1.807, 2.05) is 0 Å². The van der Waals surface area contributed by atoms with Gasteiger partial charge in [-0.1, -0.05) is 23.2 Å². The Hall–Kier alpha value is -1.46. The van der Waals surface area contributed by atoms with Crippen molar-refractivity contribution in [3.05, 3.63) is 40.9 Å². The lowest BCUT2D eigenvalue weighted by molar-refractivity contribution is 0.405. The number of nitrogens with zero attached hydrogens (tertiary/aromatic N) is 3. The van der Waals surface area contributed by atoms with E-state index in [1.165, 1.54) is 29.7 Å². The van der Waals surface area contributed by atoms with Gasteiger partial charge in [0.25, 0.3) is 0 Å². The first-order valence-electron chi connectivity index (χ1n) is 6.35. The molecule has 1 atom stereocenters. The molecule has 1 aromatic heterocycles. The number of nitrogens with one attached hydrogen (secondary N) is 1. The molecule has 4 nitrogen and oxygen atoms in total. The second-order valence-electron chi connectivity index (χ2n) is 4.69. The first kappa shape index (κ1) is 12.6. The van der Waals surface area contributed by atoms with E-state index in [2.05, 4.69) is 15.6 Å². The quantitative estimate of drug-likeness (QED) is 0.920. The Morgan fingerprint density at radius 2 is 2.26 bits per heavy atom. The van der Waals surface area contributed by atoms with Gasteiger partial charge in [0.2, 0.25) is 0 Å². The zero-order chi connectivity index (χ0) is 13.2. The number of rotatable bonds is 2. The number of piperidine rings is 1. The highest BCUT2D eigenvalue weighted by Gasteiger charge is 2.18. The summed E-state index contributed by atoms with van der Waals surface area (Å²) >= 11 is 5.88. The molecule has 6 heteroatoms. The van der Waals surface area contributed by atoms with E-state index in [0.717, 1.165) is 18.7 Å². The van der Waals surface area contributed by atoms with Gasteiger partial charge in [-0.15, -0.1) is 5.10 Å². The van der Waals surface area contributed by atoms with Crippen LogP contribution in [-0.2, 0) is 0 Å². The van der Waals surface area contributed by atoms with Crippen molar-refractivity contribution in [2.45, 2.75) is 25.3 Å². The molecule has 0 radical (unpaired) electrons. The van der Waals surface area contributed by atoms with E-state index < -0.39 is 0 Å². The Bertz CT molecular complexity index is 578. The first-order chi connectivity index (χ1) is 9.24. The average Bonchev–Trinajstić information content (AvgIpc) is 2.92. The lowest BCUT2D eigenvalue weighted by atomic mass is 10.0. The van der Waals surface area contributed by atoms with Crippen molar-refractivity contribution in [2.24, 2.45) is 0 Å². The van der Waals surface area contributed by atoms with Crippen molar-refractivity contribution in [3.63, 3.8) is 0 Å². The zero-order valence-electron chi connectivity index (χ0n) is 10.3. The van der Waals surface area contributed by atoms with Gasteiger partial charge in [0.15, 0.2) is 0 Å². The molecular formula is C13H14ClFN4. The number of halogens is 2. The molecule has 2 heterocycles. The van der Waals surface area contributed by atoms with Crippen molar-refractivity contribution in [3.8, 4) is 5.69 Å². The molecular weight excluding hydrogens is 267 g/mol. The maximum Gasteiger partial charge on any atom is 0.149 e. The highest BCUT2D eigenvalue weighted by Crippen LogP contribution is 2.23. The van der Waals surface area contributed by atoms with Gasteiger partial charge >= 0.3 is 0 Å². The van der Waals surface area contributed by atoms with Crippen LogP contribution >= 0.6 is 11.6 Å². The second-order valence-corrected chi connectivity index (χ2v) is 5.12. The van der Waals surface area contributed by atoms with Crippen LogP contribution in [-0.4, -0.2) is 21.5 Å². The molecule has 1 N–H and O–H groups in total. The Labute approximate surface area is 115 Å². The second kappa shape index (κ2) is 5.27. The molecule has 0 aliphatic carbocycles. The molecule has 3 rings (SSSR count). The summed E-state index contributed by atoms with van der Waals surface area (Å²) in [6.07, 6.45) is 5.16. The number of aromatic nitrogens is 3. The number of hydrogen-bond acceptors (Lipinski definition) is 3. The Morgan fingerprint density at radius 3 is 3.05 bits per heavy atom. The lowest BCUT2D eigenvalue weighted by Crippen LogP contribution is -2.27. The molecule has 1 aliphatic rings. The van der Waals surface area contributed by atoms with Crippen LogP contribution in [0.5, 0.6) is 0 Å². The normalized spacial score (nSPS) is 19.6. The largest absolute Gasteiger partial charge is 0.309 e. The molecule has 100 valence electrons. The van der Waals surface area contributed by atoms with Crippen LogP contribution in [0, 0.1) is 5.82 Å². The lowest BCUT2D eigenvalue weighted by Gasteiger charge is -2.20. The molecule has 0 spiro atoms. The van der Waals surface area contributed by atoms with Crippen LogP contribution in [0.1, 0.15) is 31.0 Å². The molecule has 19 heavy (non-hydrogen) atoms. The molecule has 0 saturated carbocycles. The highest BCUT2D eigenvalue weighted by atomic mass is 35.5. The third-order valence-electron chi connectivity index (χ3n) is 3.33. The minimum atomic E-state index is -0.363. The zero-order valence-corrected chi connectivity index (χ0v) is 11.1. The van der Waals surface area contributed by atoms with Gasteiger partial charge in [-0.05, 0) is 37.6 Å². The predicted molar refractivity (Wildman–Crippen MR) is 70.9 cm³/mol. The number of hydrogen-bond donors (Lipinski definition) is 1. The van der Waals surface area contributed by atoms with Gasteiger partial charge < -0.3 is 5.32 Å². The van der Waals surface area contributed by atoms with Crippen molar-refractivity contribution >= 4 is 11.6 Å². The smallest absolute Gasteiger partial charge is 0.149 e. The standard InChI is InChI=1S/C13H14ClFN4/c14-9-4-5-10(15)13(7-9)19-8-12(17-18-19)11-3-1-2-6-16-11/h4-5,7-8,11,16H,1-3,6H2. The summed E-state index contributed by atoms with van der Waals surface area (Å²) in [6.45, 7) is 0.989. The molecule has 2 aromatic rings. The van der Waals surface area contributed by atoms with Crippen LogP contribution in [0.2, 0.25) is 5.02 Å². The molecule has 1 unspecified atom stereocenters. The summed E-state index contributed by atoms with van der Waals surface area (Å²) in [5.41, 5.74) is 1.17. The SMILES string of the molecule is Fc1ccc(Cl)cc1-n1cc(C2CCCCN2)nn1. The molecule has 1 saturated heterocycles.